The summed E-state index contributed by atoms with van der Waals surface area (Å²) in [7, 11) is 1.92. The van der Waals surface area contributed by atoms with Crippen LogP contribution in [0.5, 0.6) is 0 Å². The molecule has 0 aliphatic carbocycles. The minimum Gasteiger partial charge on any atom is -0.359 e. The van der Waals surface area contributed by atoms with Crippen molar-refractivity contribution in [3.05, 3.63) is 59.7 Å². The summed E-state index contributed by atoms with van der Waals surface area (Å²) in [5.74, 6) is 1.48. The molecule has 0 atom stereocenters. The van der Waals surface area contributed by atoms with Gasteiger partial charge in [0, 0.05) is 7.05 Å². The topological polar surface area (TPSA) is 29.9 Å². The molecule has 1 N–H and O–H groups in total. The highest BCUT2D eigenvalue weighted by molar-refractivity contribution is 5.78. The Morgan fingerprint density at radius 2 is 1.76 bits per heavy atom. The van der Waals surface area contributed by atoms with Crippen molar-refractivity contribution < 1.29 is 0 Å². The minimum atomic E-state index is 0.570. The number of benzene rings is 2. The molecule has 108 valence electrons. The van der Waals surface area contributed by atoms with E-state index in [4.69, 9.17) is 0 Å². The number of hydrogen-bond donors (Lipinski definition) is 1. The average Bonchev–Trinajstić information content (AvgIpc) is 2.86. The zero-order valence-electron chi connectivity index (χ0n) is 12.8. The molecule has 21 heavy (non-hydrogen) atoms. The number of imidazole rings is 1. The fourth-order valence-corrected chi connectivity index (χ4v) is 2.62. The van der Waals surface area contributed by atoms with E-state index in [9.17, 15) is 0 Å². The van der Waals surface area contributed by atoms with E-state index >= 15 is 0 Å². The molecule has 3 heteroatoms. The number of anilines is 1. The first-order valence-corrected chi connectivity index (χ1v) is 7.41. The van der Waals surface area contributed by atoms with E-state index < -0.39 is 0 Å². The van der Waals surface area contributed by atoms with Gasteiger partial charge in [-0.05, 0) is 29.2 Å². The molecule has 1 heterocycles. The van der Waals surface area contributed by atoms with Crippen LogP contribution >= 0.6 is 0 Å². The third-order valence-corrected chi connectivity index (χ3v) is 3.87. The van der Waals surface area contributed by atoms with Gasteiger partial charge in [0.15, 0.2) is 0 Å². The van der Waals surface area contributed by atoms with Crippen molar-refractivity contribution in [1.29, 1.82) is 0 Å². The molecule has 2 aromatic carbocycles. The second kappa shape index (κ2) is 5.60. The van der Waals surface area contributed by atoms with Gasteiger partial charge in [0.2, 0.25) is 5.95 Å². The maximum Gasteiger partial charge on any atom is 0.203 e. The molecule has 0 unspecified atom stereocenters. The summed E-state index contributed by atoms with van der Waals surface area (Å²) in [6.07, 6.45) is 0. The Hall–Kier alpha value is -2.29. The number of nitrogens with one attached hydrogen (secondary N) is 1. The van der Waals surface area contributed by atoms with Crippen molar-refractivity contribution in [3.8, 4) is 0 Å². The first-order chi connectivity index (χ1) is 10.2. The fourth-order valence-electron chi connectivity index (χ4n) is 2.62. The summed E-state index contributed by atoms with van der Waals surface area (Å²) in [4.78, 5) is 4.62. The largest absolute Gasteiger partial charge is 0.359 e. The Balaban J connectivity index is 1.97. The van der Waals surface area contributed by atoms with Crippen molar-refractivity contribution in [3.63, 3.8) is 0 Å². The molecule has 0 amide bonds. The number of nitrogens with zero attached hydrogens (tertiary/aromatic N) is 2. The van der Waals surface area contributed by atoms with Gasteiger partial charge in [-0.25, -0.2) is 4.98 Å². The van der Waals surface area contributed by atoms with Gasteiger partial charge >= 0.3 is 0 Å². The molecular weight excluding hydrogens is 258 g/mol. The number of fused-ring (bicyclic) bond motifs is 1. The van der Waals surface area contributed by atoms with Gasteiger partial charge < -0.3 is 9.88 Å². The predicted octanol–water partition coefficient (Wildman–Crippen LogP) is 4.25. The molecule has 3 rings (SSSR count). The highest BCUT2D eigenvalue weighted by Gasteiger charge is 2.09. The lowest BCUT2D eigenvalue weighted by atomic mass is 10.0. The van der Waals surface area contributed by atoms with Gasteiger partial charge in [-0.3, -0.25) is 0 Å². The lowest BCUT2D eigenvalue weighted by Crippen LogP contribution is -2.05. The van der Waals surface area contributed by atoms with Gasteiger partial charge in [0.25, 0.3) is 0 Å². The Morgan fingerprint density at radius 3 is 2.43 bits per heavy atom. The van der Waals surface area contributed by atoms with Crippen LogP contribution in [-0.4, -0.2) is 16.6 Å². The zero-order chi connectivity index (χ0) is 14.8. The highest BCUT2D eigenvalue weighted by atomic mass is 15.2. The van der Waals surface area contributed by atoms with Crippen LogP contribution in [0.15, 0.2) is 48.5 Å². The van der Waals surface area contributed by atoms with Crippen LogP contribution in [0, 0.1) is 0 Å². The van der Waals surface area contributed by atoms with Gasteiger partial charge in [-0.15, -0.1) is 0 Å². The van der Waals surface area contributed by atoms with Crippen LogP contribution in [0.25, 0.3) is 11.0 Å². The molecule has 1 aromatic heterocycles. The van der Waals surface area contributed by atoms with Crippen molar-refractivity contribution in [1.82, 2.24) is 9.55 Å². The Morgan fingerprint density at radius 1 is 1.05 bits per heavy atom. The average molecular weight is 279 g/mol. The molecule has 0 spiro atoms. The van der Waals surface area contributed by atoms with E-state index in [0.29, 0.717) is 5.92 Å². The molecule has 0 radical (unpaired) electrons. The molecule has 0 bridgehead atoms. The summed E-state index contributed by atoms with van der Waals surface area (Å²) in [6.45, 7) is 5.27. The number of para-hydroxylation sites is 2. The molecule has 0 fully saturated rings. The minimum absolute atomic E-state index is 0.570. The maximum atomic E-state index is 4.62. The van der Waals surface area contributed by atoms with Gasteiger partial charge in [-0.1, -0.05) is 50.2 Å². The normalized spacial score (nSPS) is 11.2. The monoisotopic (exact) mass is 279 g/mol. The Bertz CT molecular complexity index is 739. The molecule has 0 aliphatic heterocycles. The van der Waals surface area contributed by atoms with Crippen LogP contribution in [0.1, 0.15) is 30.9 Å². The summed E-state index contributed by atoms with van der Waals surface area (Å²) < 4.78 is 2.22. The van der Waals surface area contributed by atoms with E-state index in [0.717, 1.165) is 23.5 Å². The first kappa shape index (κ1) is 13.7. The van der Waals surface area contributed by atoms with Crippen molar-refractivity contribution in [2.24, 2.45) is 0 Å². The third kappa shape index (κ3) is 2.64. The van der Waals surface area contributed by atoms with E-state index in [-0.39, 0.29) is 0 Å². The molecular formula is C18H21N3. The second-order valence-corrected chi connectivity index (χ2v) is 5.66. The fraction of sp³-hybridized carbons (Fsp3) is 0.278. The van der Waals surface area contributed by atoms with E-state index in [2.05, 4.69) is 71.2 Å². The van der Waals surface area contributed by atoms with Gasteiger partial charge in [0.05, 0.1) is 17.6 Å². The molecule has 3 nitrogen and oxygen atoms in total. The van der Waals surface area contributed by atoms with Crippen LogP contribution in [0.2, 0.25) is 0 Å². The van der Waals surface area contributed by atoms with E-state index in [1.54, 1.807) is 0 Å². The van der Waals surface area contributed by atoms with Crippen LogP contribution in [-0.2, 0) is 6.54 Å². The van der Waals surface area contributed by atoms with Gasteiger partial charge in [-0.2, -0.15) is 0 Å². The maximum absolute atomic E-state index is 4.62. The quantitative estimate of drug-likeness (QED) is 0.773. The third-order valence-electron chi connectivity index (χ3n) is 3.87. The van der Waals surface area contributed by atoms with Crippen molar-refractivity contribution in [2.45, 2.75) is 26.3 Å². The second-order valence-electron chi connectivity index (χ2n) is 5.66. The van der Waals surface area contributed by atoms with Crippen molar-refractivity contribution in [2.75, 3.05) is 12.4 Å². The van der Waals surface area contributed by atoms with Crippen LogP contribution < -0.4 is 5.32 Å². The Kier molecular flexibility index (Phi) is 3.65. The SMILES string of the molecule is CNc1nc2ccccc2n1Cc1ccc(C(C)C)cc1. The first-order valence-electron chi connectivity index (χ1n) is 7.41. The number of rotatable bonds is 4. The lowest BCUT2D eigenvalue weighted by molar-refractivity contribution is 0.825. The zero-order valence-corrected chi connectivity index (χ0v) is 12.8. The standard InChI is InChI=1S/C18H21N3/c1-13(2)15-10-8-14(9-11-15)12-21-17-7-5-4-6-16(17)20-18(21)19-3/h4-11,13H,12H2,1-3H3,(H,19,20). The number of hydrogen-bond acceptors (Lipinski definition) is 2. The molecule has 0 aliphatic rings. The van der Waals surface area contributed by atoms with Crippen molar-refractivity contribution >= 4 is 17.0 Å². The molecule has 3 aromatic rings. The summed E-state index contributed by atoms with van der Waals surface area (Å²) >= 11 is 0. The van der Waals surface area contributed by atoms with Crippen LogP contribution in [0.4, 0.5) is 5.95 Å². The Labute approximate surface area is 125 Å². The van der Waals surface area contributed by atoms with Gasteiger partial charge in [0.1, 0.15) is 0 Å². The highest BCUT2D eigenvalue weighted by Crippen LogP contribution is 2.22. The number of aromatic nitrogens is 2. The summed E-state index contributed by atoms with van der Waals surface area (Å²) in [5, 5.41) is 3.19. The summed E-state index contributed by atoms with van der Waals surface area (Å²) in [6, 6.07) is 17.1. The smallest absolute Gasteiger partial charge is 0.203 e. The van der Waals surface area contributed by atoms with Crippen LogP contribution in [0.3, 0.4) is 0 Å². The molecule has 0 saturated heterocycles. The van der Waals surface area contributed by atoms with E-state index in [1.807, 2.05) is 13.1 Å². The predicted molar refractivity (Wildman–Crippen MR) is 88.9 cm³/mol. The molecule has 0 saturated carbocycles. The van der Waals surface area contributed by atoms with E-state index in [1.165, 1.54) is 11.1 Å². The lowest BCUT2D eigenvalue weighted by Gasteiger charge is -2.10. The summed E-state index contributed by atoms with van der Waals surface area (Å²) in [5.41, 5.74) is 4.86.